The predicted molar refractivity (Wildman–Crippen MR) is 90.1 cm³/mol. The van der Waals surface area contributed by atoms with Crippen LogP contribution in [0.25, 0.3) is 22.2 Å². The van der Waals surface area contributed by atoms with Crippen LogP contribution >= 0.6 is 0 Å². The zero-order valence-electron chi connectivity index (χ0n) is 12.8. The molecule has 2 aromatic carbocycles. The fourth-order valence-corrected chi connectivity index (χ4v) is 3.51. The van der Waals surface area contributed by atoms with Gasteiger partial charge in [-0.3, -0.25) is 4.79 Å². The van der Waals surface area contributed by atoms with Gasteiger partial charge in [0.25, 0.3) is 0 Å². The van der Waals surface area contributed by atoms with Gasteiger partial charge in [0.05, 0.1) is 11.4 Å². The SMILES string of the molecule is CCC1C(=O)N(C)c2ccccc2-c2cc3ccccc3n21. The second kappa shape index (κ2) is 4.73. The molecule has 3 nitrogen and oxygen atoms in total. The van der Waals surface area contributed by atoms with Crippen molar-refractivity contribution in [2.24, 2.45) is 0 Å². The Morgan fingerprint density at radius 3 is 2.59 bits per heavy atom. The first-order valence-electron chi connectivity index (χ1n) is 7.69. The number of carbonyl (C=O) groups excluding carboxylic acids is 1. The van der Waals surface area contributed by atoms with Crippen molar-refractivity contribution in [2.75, 3.05) is 11.9 Å². The van der Waals surface area contributed by atoms with E-state index in [1.807, 2.05) is 37.4 Å². The van der Waals surface area contributed by atoms with E-state index in [2.05, 4.69) is 35.8 Å². The maximum absolute atomic E-state index is 12.9. The molecule has 0 spiro atoms. The molecule has 0 bridgehead atoms. The average Bonchev–Trinajstić information content (AvgIpc) is 2.90. The number of para-hydroxylation sites is 2. The number of rotatable bonds is 1. The molecule has 1 aromatic heterocycles. The Balaban J connectivity index is 2.14. The van der Waals surface area contributed by atoms with Crippen molar-refractivity contribution in [3.63, 3.8) is 0 Å². The summed E-state index contributed by atoms with van der Waals surface area (Å²) in [5.74, 6) is 0.148. The van der Waals surface area contributed by atoms with Crippen molar-refractivity contribution in [1.82, 2.24) is 4.57 Å². The van der Waals surface area contributed by atoms with Crippen LogP contribution in [0.2, 0.25) is 0 Å². The monoisotopic (exact) mass is 290 g/mol. The molecule has 2 heterocycles. The van der Waals surface area contributed by atoms with E-state index in [0.717, 1.165) is 28.9 Å². The molecule has 3 heteroatoms. The lowest BCUT2D eigenvalue weighted by molar-refractivity contribution is -0.121. The second-order valence-corrected chi connectivity index (χ2v) is 5.80. The summed E-state index contributed by atoms with van der Waals surface area (Å²) >= 11 is 0. The van der Waals surface area contributed by atoms with E-state index in [1.54, 1.807) is 4.90 Å². The lowest BCUT2D eigenvalue weighted by Gasteiger charge is -2.22. The fraction of sp³-hybridized carbons (Fsp3) is 0.211. The first-order valence-corrected chi connectivity index (χ1v) is 7.69. The molecule has 0 N–H and O–H groups in total. The van der Waals surface area contributed by atoms with E-state index in [4.69, 9.17) is 0 Å². The van der Waals surface area contributed by atoms with Gasteiger partial charge in [-0.05, 0) is 24.6 Å². The number of nitrogens with zero attached hydrogens (tertiary/aromatic N) is 2. The third-order valence-electron chi connectivity index (χ3n) is 4.60. The van der Waals surface area contributed by atoms with Gasteiger partial charge in [0.1, 0.15) is 6.04 Å². The highest BCUT2D eigenvalue weighted by Gasteiger charge is 2.31. The third kappa shape index (κ3) is 1.65. The summed E-state index contributed by atoms with van der Waals surface area (Å²) < 4.78 is 2.21. The maximum atomic E-state index is 12.9. The van der Waals surface area contributed by atoms with Crippen molar-refractivity contribution < 1.29 is 4.79 Å². The molecule has 1 aliphatic rings. The second-order valence-electron chi connectivity index (χ2n) is 5.80. The van der Waals surface area contributed by atoms with Crippen LogP contribution in [0.5, 0.6) is 0 Å². The Morgan fingerprint density at radius 1 is 1.05 bits per heavy atom. The van der Waals surface area contributed by atoms with Crippen LogP contribution in [0.15, 0.2) is 54.6 Å². The molecule has 0 saturated heterocycles. The fourth-order valence-electron chi connectivity index (χ4n) is 3.51. The number of likely N-dealkylation sites (N-methyl/N-ethyl adjacent to an activating group) is 1. The lowest BCUT2D eigenvalue weighted by atomic mass is 10.1. The van der Waals surface area contributed by atoms with Gasteiger partial charge in [-0.2, -0.15) is 0 Å². The molecular weight excluding hydrogens is 272 g/mol. The number of hydrogen-bond donors (Lipinski definition) is 0. The molecule has 3 aromatic rings. The van der Waals surface area contributed by atoms with E-state index in [9.17, 15) is 4.79 Å². The van der Waals surface area contributed by atoms with Gasteiger partial charge in [0.15, 0.2) is 0 Å². The van der Waals surface area contributed by atoms with E-state index < -0.39 is 0 Å². The highest BCUT2D eigenvalue weighted by Crippen LogP contribution is 2.40. The van der Waals surface area contributed by atoms with Crippen molar-refractivity contribution in [1.29, 1.82) is 0 Å². The summed E-state index contributed by atoms with van der Waals surface area (Å²) in [4.78, 5) is 14.7. The number of amides is 1. The zero-order chi connectivity index (χ0) is 15.3. The number of benzene rings is 2. The molecule has 0 saturated carbocycles. The summed E-state index contributed by atoms with van der Waals surface area (Å²) in [5, 5.41) is 1.18. The summed E-state index contributed by atoms with van der Waals surface area (Å²) in [5.41, 5.74) is 4.35. The number of anilines is 1. The quantitative estimate of drug-likeness (QED) is 0.658. The average molecular weight is 290 g/mol. The van der Waals surface area contributed by atoms with E-state index >= 15 is 0 Å². The zero-order valence-corrected chi connectivity index (χ0v) is 12.8. The van der Waals surface area contributed by atoms with Gasteiger partial charge in [-0.15, -0.1) is 0 Å². The van der Waals surface area contributed by atoms with Crippen molar-refractivity contribution in [2.45, 2.75) is 19.4 Å². The van der Waals surface area contributed by atoms with Gasteiger partial charge in [-0.25, -0.2) is 0 Å². The highest BCUT2D eigenvalue weighted by atomic mass is 16.2. The first kappa shape index (κ1) is 13.1. The molecule has 0 aliphatic carbocycles. The molecule has 4 rings (SSSR count). The van der Waals surface area contributed by atoms with Gasteiger partial charge in [0, 0.05) is 23.5 Å². The van der Waals surface area contributed by atoms with E-state index in [-0.39, 0.29) is 11.9 Å². The van der Waals surface area contributed by atoms with Crippen molar-refractivity contribution in [3.05, 3.63) is 54.6 Å². The Hall–Kier alpha value is -2.55. The molecule has 1 atom stereocenters. The van der Waals surface area contributed by atoms with Gasteiger partial charge in [0.2, 0.25) is 5.91 Å². The smallest absolute Gasteiger partial charge is 0.249 e. The minimum absolute atomic E-state index is 0.148. The van der Waals surface area contributed by atoms with Crippen molar-refractivity contribution in [3.8, 4) is 11.3 Å². The topological polar surface area (TPSA) is 25.2 Å². The molecular formula is C19H18N2O. The Labute approximate surface area is 129 Å². The third-order valence-corrected chi connectivity index (χ3v) is 4.60. The summed E-state index contributed by atoms with van der Waals surface area (Å²) in [6, 6.07) is 18.5. The van der Waals surface area contributed by atoms with Crippen LogP contribution < -0.4 is 4.90 Å². The normalized spacial score (nSPS) is 17.3. The number of fused-ring (bicyclic) bond motifs is 5. The van der Waals surface area contributed by atoms with Crippen LogP contribution in [0.4, 0.5) is 5.69 Å². The molecule has 0 fully saturated rings. The molecule has 110 valence electrons. The standard InChI is InChI=1S/C19H18N2O/c1-3-15-19(22)20(2)17-11-7-5-9-14(17)18-12-13-8-4-6-10-16(13)21(15)18/h4-12,15H,3H2,1-2H3. The minimum Gasteiger partial charge on any atom is -0.328 e. The minimum atomic E-state index is -0.160. The van der Waals surface area contributed by atoms with Gasteiger partial charge < -0.3 is 9.47 Å². The van der Waals surface area contributed by atoms with Gasteiger partial charge in [-0.1, -0.05) is 43.3 Å². The van der Waals surface area contributed by atoms with Crippen LogP contribution in [-0.2, 0) is 4.79 Å². The van der Waals surface area contributed by atoms with E-state index in [0.29, 0.717) is 0 Å². The van der Waals surface area contributed by atoms with Gasteiger partial charge >= 0.3 is 0 Å². The molecule has 22 heavy (non-hydrogen) atoms. The Bertz CT molecular complexity index is 878. The summed E-state index contributed by atoms with van der Waals surface area (Å²) in [7, 11) is 1.87. The molecule has 1 unspecified atom stereocenters. The van der Waals surface area contributed by atoms with Crippen LogP contribution in [0.1, 0.15) is 19.4 Å². The van der Waals surface area contributed by atoms with Crippen LogP contribution in [0, 0.1) is 0 Å². The Morgan fingerprint density at radius 2 is 1.77 bits per heavy atom. The number of carbonyl (C=O) groups is 1. The van der Waals surface area contributed by atoms with E-state index in [1.165, 1.54) is 5.39 Å². The molecule has 0 radical (unpaired) electrons. The first-order chi connectivity index (χ1) is 10.7. The van der Waals surface area contributed by atoms with Crippen LogP contribution in [0.3, 0.4) is 0 Å². The lowest BCUT2D eigenvalue weighted by Crippen LogP contribution is -2.32. The largest absolute Gasteiger partial charge is 0.328 e. The number of aromatic nitrogens is 1. The van der Waals surface area contributed by atoms with Crippen molar-refractivity contribution >= 4 is 22.5 Å². The summed E-state index contributed by atoms with van der Waals surface area (Å²) in [6.45, 7) is 2.07. The highest BCUT2D eigenvalue weighted by molar-refractivity contribution is 6.04. The number of hydrogen-bond acceptors (Lipinski definition) is 1. The molecule has 1 aliphatic heterocycles. The Kier molecular flexibility index (Phi) is 2.83. The molecule has 1 amide bonds. The maximum Gasteiger partial charge on any atom is 0.249 e. The summed E-state index contributed by atoms with van der Waals surface area (Å²) in [6.07, 6.45) is 0.781. The predicted octanol–water partition coefficient (Wildman–Crippen LogP) is 4.24. The van der Waals surface area contributed by atoms with Crippen LogP contribution in [-0.4, -0.2) is 17.5 Å².